The predicted octanol–water partition coefficient (Wildman–Crippen LogP) is 3.58. The summed E-state index contributed by atoms with van der Waals surface area (Å²) in [6.07, 6.45) is 2.99. The number of halogens is 1. The van der Waals surface area contributed by atoms with E-state index in [1.807, 2.05) is 30.3 Å². The molecule has 2 aromatic rings. The first-order chi connectivity index (χ1) is 11.6. The van der Waals surface area contributed by atoms with Crippen molar-refractivity contribution < 1.29 is 9.18 Å². The van der Waals surface area contributed by atoms with Crippen LogP contribution in [-0.2, 0) is 11.2 Å². The van der Waals surface area contributed by atoms with Gasteiger partial charge in [-0.3, -0.25) is 4.79 Å². The predicted molar refractivity (Wildman–Crippen MR) is 95.7 cm³/mol. The molecule has 0 unspecified atom stereocenters. The number of rotatable bonds is 5. The van der Waals surface area contributed by atoms with Gasteiger partial charge in [0.25, 0.3) is 0 Å². The van der Waals surface area contributed by atoms with Crippen molar-refractivity contribution >= 4 is 23.0 Å². The molecule has 0 saturated carbocycles. The fourth-order valence-corrected chi connectivity index (χ4v) is 3.07. The summed E-state index contributed by atoms with van der Waals surface area (Å²) in [6.45, 7) is 1.79. The van der Waals surface area contributed by atoms with Crippen LogP contribution in [0.15, 0.2) is 42.5 Å². The first-order valence-electron chi connectivity index (χ1n) is 8.32. The molecule has 1 amide bonds. The maximum Gasteiger partial charge on any atom is 0.224 e. The van der Waals surface area contributed by atoms with Crippen LogP contribution in [-0.4, -0.2) is 19.0 Å². The summed E-state index contributed by atoms with van der Waals surface area (Å²) in [5.41, 5.74) is 8.55. The van der Waals surface area contributed by atoms with E-state index in [1.165, 1.54) is 6.07 Å². The van der Waals surface area contributed by atoms with Gasteiger partial charge in [0.15, 0.2) is 0 Å². The number of carbonyl (C=O) groups excluding carboxylic acids is 1. The second-order valence-corrected chi connectivity index (χ2v) is 6.08. The molecule has 1 aliphatic heterocycles. The highest BCUT2D eigenvalue weighted by Crippen LogP contribution is 2.31. The number of hydrogen-bond donors (Lipinski definition) is 2. The van der Waals surface area contributed by atoms with Crippen LogP contribution >= 0.6 is 0 Å². The topological polar surface area (TPSA) is 58.4 Å². The Balaban J connectivity index is 1.69. The average Bonchev–Trinajstić information content (AvgIpc) is 3.10. The lowest BCUT2D eigenvalue weighted by Crippen LogP contribution is -2.22. The zero-order valence-corrected chi connectivity index (χ0v) is 13.6. The number of anilines is 3. The molecule has 24 heavy (non-hydrogen) atoms. The van der Waals surface area contributed by atoms with Gasteiger partial charge in [0.2, 0.25) is 5.91 Å². The van der Waals surface area contributed by atoms with Crippen LogP contribution in [0.2, 0.25) is 0 Å². The van der Waals surface area contributed by atoms with Crippen LogP contribution in [0, 0.1) is 5.82 Å². The molecule has 0 bridgehead atoms. The highest BCUT2D eigenvalue weighted by molar-refractivity contribution is 5.94. The molecule has 3 N–H and O–H groups in total. The molecule has 126 valence electrons. The third kappa shape index (κ3) is 3.67. The van der Waals surface area contributed by atoms with Crippen LogP contribution < -0.4 is 16.0 Å². The van der Waals surface area contributed by atoms with Crippen molar-refractivity contribution in [2.45, 2.75) is 25.7 Å². The molecule has 0 aliphatic carbocycles. The molecule has 5 heteroatoms. The van der Waals surface area contributed by atoms with Gasteiger partial charge in [0.1, 0.15) is 11.5 Å². The molecular weight excluding hydrogens is 305 g/mol. The van der Waals surface area contributed by atoms with E-state index < -0.39 is 5.82 Å². The number of nitrogens with two attached hydrogens (primary N) is 1. The Labute approximate surface area is 141 Å². The van der Waals surface area contributed by atoms with E-state index in [2.05, 4.69) is 10.2 Å². The number of amides is 1. The molecule has 4 nitrogen and oxygen atoms in total. The largest absolute Gasteiger partial charge is 0.399 e. The summed E-state index contributed by atoms with van der Waals surface area (Å²) < 4.78 is 14.2. The van der Waals surface area contributed by atoms with Crippen molar-refractivity contribution in [1.29, 1.82) is 0 Å². The molecule has 3 rings (SSSR count). The summed E-state index contributed by atoms with van der Waals surface area (Å²) in [7, 11) is 0. The number of nitrogen functional groups attached to an aromatic ring is 1. The number of carbonyl (C=O) groups is 1. The first-order valence-corrected chi connectivity index (χ1v) is 8.32. The number of nitrogens with one attached hydrogen (secondary N) is 1. The Hall–Kier alpha value is -2.56. The standard InChI is InChI=1S/C19H22FN3O/c20-15-7-5-9-17(23-12-3-4-13-23)19(15)22-18(24)11-10-14-6-1-2-8-16(14)21/h1-2,5-9H,3-4,10-13,21H2,(H,22,24). The van der Waals surface area contributed by atoms with E-state index in [4.69, 9.17) is 5.73 Å². The fourth-order valence-electron chi connectivity index (χ4n) is 3.07. The summed E-state index contributed by atoms with van der Waals surface area (Å²) in [4.78, 5) is 14.4. The van der Waals surface area contributed by atoms with Crippen molar-refractivity contribution in [3.8, 4) is 0 Å². The van der Waals surface area contributed by atoms with Crippen molar-refractivity contribution in [3.05, 3.63) is 53.8 Å². The lowest BCUT2D eigenvalue weighted by Gasteiger charge is -2.22. The molecule has 0 radical (unpaired) electrons. The van der Waals surface area contributed by atoms with Gasteiger partial charge in [0.05, 0.1) is 5.69 Å². The lowest BCUT2D eigenvalue weighted by atomic mass is 10.1. The first kappa shape index (κ1) is 16.3. The molecule has 2 aromatic carbocycles. The summed E-state index contributed by atoms with van der Waals surface area (Å²) in [5.74, 6) is -0.601. The van der Waals surface area contributed by atoms with E-state index in [9.17, 15) is 9.18 Å². The fraction of sp³-hybridized carbons (Fsp3) is 0.316. The van der Waals surface area contributed by atoms with Gasteiger partial charge in [-0.05, 0) is 43.0 Å². The van der Waals surface area contributed by atoms with Crippen molar-refractivity contribution in [3.63, 3.8) is 0 Å². The Morgan fingerprint density at radius 3 is 2.62 bits per heavy atom. The highest BCUT2D eigenvalue weighted by atomic mass is 19.1. The van der Waals surface area contributed by atoms with Gasteiger partial charge in [0, 0.05) is 25.2 Å². The third-order valence-corrected chi connectivity index (χ3v) is 4.38. The Morgan fingerprint density at radius 1 is 1.12 bits per heavy atom. The molecule has 1 aliphatic rings. The number of para-hydroxylation sites is 2. The van der Waals surface area contributed by atoms with Crippen LogP contribution in [0.3, 0.4) is 0 Å². The smallest absolute Gasteiger partial charge is 0.224 e. The molecule has 0 atom stereocenters. The molecule has 1 saturated heterocycles. The van der Waals surface area contributed by atoms with E-state index in [1.54, 1.807) is 6.07 Å². The number of hydrogen-bond acceptors (Lipinski definition) is 3. The minimum atomic E-state index is -0.396. The van der Waals surface area contributed by atoms with Crippen molar-refractivity contribution in [2.75, 3.05) is 29.0 Å². The SMILES string of the molecule is Nc1ccccc1CCC(=O)Nc1c(F)cccc1N1CCCC1. The molecular formula is C19H22FN3O. The maximum atomic E-state index is 14.2. The molecule has 0 aromatic heterocycles. The van der Waals surface area contributed by atoms with E-state index in [-0.39, 0.29) is 18.0 Å². The van der Waals surface area contributed by atoms with Gasteiger partial charge in [-0.1, -0.05) is 24.3 Å². The number of aryl methyl sites for hydroxylation is 1. The average molecular weight is 327 g/mol. The van der Waals surface area contributed by atoms with Gasteiger partial charge in [-0.2, -0.15) is 0 Å². The van der Waals surface area contributed by atoms with Crippen LogP contribution in [0.4, 0.5) is 21.5 Å². The van der Waals surface area contributed by atoms with Gasteiger partial charge in [-0.25, -0.2) is 4.39 Å². The summed E-state index contributed by atoms with van der Waals surface area (Å²) >= 11 is 0. The molecule has 0 spiro atoms. The van der Waals surface area contributed by atoms with Gasteiger partial charge >= 0.3 is 0 Å². The van der Waals surface area contributed by atoms with E-state index in [0.29, 0.717) is 12.1 Å². The molecule has 1 fully saturated rings. The normalized spacial score (nSPS) is 14.0. The van der Waals surface area contributed by atoms with Gasteiger partial charge in [-0.15, -0.1) is 0 Å². The zero-order chi connectivity index (χ0) is 16.9. The monoisotopic (exact) mass is 327 g/mol. The molecule has 1 heterocycles. The van der Waals surface area contributed by atoms with E-state index in [0.717, 1.165) is 37.2 Å². The Kier molecular flexibility index (Phi) is 4.99. The van der Waals surface area contributed by atoms with Crippen molar-refractivity contribution in [2.24, 2.45) is 0 Å². The van der Waals surface area contributed by atoms with E-state index >= 15 is 0 Å². The second-order valence-electron chi connectivity index (χ2n) is 6.08. The minimum Gasteiger partial charge on any atom is -0.399 e. The maximum absolute atomic E-state index is 14.2. The summed E-state index contributed by atoms with van der Waals surface area (Å²) in [6, 6.07) is 12.4. The van der Waals surface area contributed by atoms with Crippen LogP contribution in [0.25, 0.3) is 0 Å². The zero-order valence-electron chi connectivity index (χ0n) is 13.6. The van der Waals surface area contributed by atoms with Gasteiger partial charge < -0.3 is 16.0 Å². The summed E-state index contributed by atoms with van der Waals surface area (Å²) in [5, 5.41) is 2.75. The van der Waals surface area contributed by atoms with Crippen LogP contribution in [0.5, 0.6) is 0 Å². The third-order valence-electron chi connectivity index (χ3n) is 4.38. The number of benzene rings is 2. The van der Waals surface area contributed by atoms with Crippen molar-refractivity contribution in [1.82, 2.24) is 0 Å². The number of nitrogens with zero attached hydrogens (tertiary/aromatic N) is 1. The lowest BCUT2D eigenvalue weighted by molar-refractivity contribution is -0.116. The highest BCUT2D eigenvalue weighted by Gasteiger charge is 2.19. The Morgan fingerprint density at radius 2 is 1.88 bits per heavy atom. The van der Waals surface area contributed by atoms with Crippen LogP contribution in [0.1, 0.15) is 24.8 Å². The minimum absolute atomic E-state index is 0.205. The Bertz CT molecular complexity index is 726. The quantitative estimate of drug-likeness (QED) is 0.825. The second kappa shape index (κ2) is 7.34.